The number of rotatable bonds is 7. The lowest BCUT2D eigenvalue weighted by Crippen LogP contribution is -2.12. The highest BCUT2D eigenvalue weighted by atomic mass is 35.5. The number of benzene rings is 3. The number of halogens is 1. The number of anilines is 3. The van der Waals surface area contributed by atoms with Gasteiger partial charge in [0.2, 0.25) is 5.91 Å². The third-order valence-electron chi connectivity index (χ3n) is 4.49. The third kappa shape index (κ3) is 5.07. The molecule has 4 rings (SSSR count). The predicted molar refractivity (Wildman–Crippen MR) is 120 cm³/mol. The zero-order valence-corrected chi connectivity index (χ0v) is 16.9. The van der Waals surface area contributed by atoms with Crippen LogP contribution >= 0.6 is 11.6 Å². The minimum Gasteiger partial charge on any atom is -0.441 e. The second-order valence-electron chi connectivity index (χ2n) is 6.71. The Hall–Kier alpha value is -3.57. The van der Waals surface area contributed by atoms with Crippen molar-refractivity contribution < 1.29 is 9.21 Å². The van der Waals surface area contributed by atoms with Crippen LogP contribution in [-0.4, -0.2) is 10.9 Å². The SMILES string of the molecule is O=C(CCc1ncc(-c2ccccc2Cl)o1)Nc1ccc(Nc2ccccc2)cc1. The molecule has 150 valence electrons. The van der Waals surface area contributed by atoms with E-state index < -0.39 is 0 Å². The van der Waals surface area contributed by atoms with Crippen LogP contribution in [0.25, 0.3) is 11.3 Å². The Labute approximate surface area is 179 Å². The second-order valence-corrected chi connectivity index (χ2v) is 7.12. The summed E-state index contributed by atoms with van der Waals surface area (Å²) in [5.74, 6) is 0.997. The summed E-state index contributed by atoms with van der Waals surface area (Å²) < 4.78 is 5.74. The minimum absolute atomic E-state index is 0.101. The van der Waals surface area contributed by atoms with Crippen LogP contribution in [0.3, 0.4) is 0 Å². The van der Waals surface area contributed by atoms with E-state index in [9.17, 15) is 4.79 Å². The lowest BCUT2D eigenvalue weighted by molar-refractivity contribution is -0.116. The molecule has 30 heavy (non-hydrogen) atoms. The van der Waals surface area contributed by atoms with Gasteiger partial charge < -0.3 is 15.1 Å². The molecule has 1 heterocycles. The zero-order valence-electron chi connectivity index (χ0n) is 16.1. The molecule has 0 aliphatic carbocycles. The fourth-order valence-electron chi connectivity index (χ4n) is 2.98. The summed E-state index contributed by atoms with van der Waals surface area (Å²) in [5.41, 5.74) is 3.48. The summed E-state index contributed by atoms with van der Waals surface area (Å²) >= 11 is 6.19. The van der Waals surface area contributed by atoms with E-state index >= 15 is 0 Å². The first-order valence-corrected chi connectivity index (χ1v) is 9.97. The normalized spacial score (nSPS) is 10.6. The first-order valence-electron chi connectivity index (χ1n) is 9.59. The van der Waals surface area contributed by atoms with Crippen molar-refractivity contribution in [2.75, 3.05) is 10.6 Å². The van der Waals surface area contributed by atoms with E-state index in [1.165, 1.54) is 0 Å². The van der Waals surface area contributed by atoms with Gasteiger partial charge in [-0.15, -0.1) is 0 Å². The molecule has 4 aromatic rings. The molecular weight excluding hydrogens is 398 g/mol. The van der Waals surface area contributed by atoms with Crippen molar-refractivity contribution >= 4 is 34.6 Å². The number of hydrogen-bond donors (Lipinski definition) is 2. The Kier molecular flexibility index (Phi) is 6.11. The molecule has 0 atom stereocenters. The maximum Gasteiger partial charge on any atom is 0.224 e. The first-order chi connectivity index (χ1) is 14.7. The lowest BCUT2D eigenvalue weighted by atomic mass is 10.2. The summed E-state index contributed by atoms with van der Waals surface area (Å²) in [6.45, 7) is 0. The van der Waals surface area contributed by atoms with Crippen molar-refractivity contribution in [1.29, 1.82) is 0 Å². The van der Waals surface area contributed by atoms with E-state index in [0.717, 1.165) is 22.6 Å². The monoisotopic (exact) mass is 417 g/mol. The van der Waals surface area contributed by atoms with Gasteiger partial charge in [0.1, 0.15) is 0 Å². The van der Waals surface area contributed by atoms with Crippen LogP contribution < -0.4 is 10.6 Å². The first kappa shape index (κ1) is 19.7. The van der Waals surface area contributed by atoms with E-state index in [-0.39, 0.29) is 12.3 Å². The molecule has 3 aromatic carbocycles. The Morgan fingerprint density at radius 3 is 2.30 bits per heavy atom. The second kappa shape index (κ2) is 9.29. The highest BCUT2D eigenvalue weighted by Gasteiger charge is 2.11. The summed E-state index contributed by atoms with van der Waals surface area (Å²) in [5, 5.41) is 6.80. The summed E-state index contributed by atoms with van der Waals surface area (Å²) in [7, 11) is 0. The van der Waals surface area contributed by atoms with Crippen molar-refractivity contribution in [2.45, 2.75) is 12.8 Å². The molecule has 2 N–H and O–H groups in total. The zero-order chi connectivity index (χ0) is 20.8. The number of nitrogens with one attached hydrogen (secondary N) is 2. The van der Waals surface area contributed by atoms with Gasteiger partial charge >= 0.3 is 0 Å². The van der Waals surface area contributed by atoms with Crippen LogP contribution in [0.2, 0.25) is 5.02 Å². The lowest BCUT2D eigenvalue weighted by Gasteiger charge is -2.08. The fraction of sp³-hybridized carbons (Fsp3) is 0.0833. The summed E-state index contributed by atoms with van der Waals surface area (Å²) in [6.07, 6.45) is 2.31. The molecule has 1 amide bonds. The molecule has 0 bridgehead atoms. The van der Waals surface area contributed by atoms with Gasteiger partial charge in [0, 0.05) is 35.5 Å². The van der Waals surface area contributed by atoms with Gasteiger partial charge in [0.05, 0.1) is 11.2 Å². The van der Waals surface area contributed by atoms with Gasteiger partial charge in [-0.3, -0.25) is 4.79 Å². The van der Waals surface area contributed by atoms with E-state index in [4.69, 9.17) is 16.0 Å². The van der Waals surface area contributed by atoms with E-state index in [1.807, 2.05) is 72.8 Å². The number of oxazole rings is 1. The van der Waals surface area contributed by atoms with Gasteiger partial charge in [-0.1, -0.05) is 41.9 Å². The summed E-state index contributed by atoms with van der Waals surface area (Å²) in [4.78, 5) is 16.5. The fourth-order valence-corrected chi connectivity index (χ4v) is 3.21. The smallest absolute Gasteiger partial charge is 0.224 e. The number of aromatic nitrogens is 1. The maximum absolute atomic E-state index is 12.3. The largest absolute Gasteiger partial charge is 0.441 e. The topological polar surface area (TPSA) is 67.2 Å². The van der Waals surface area contributed by atoms with E-state index in [0.29, 0.717) is 23.1 Å². The van der Waals surface area contributed by atoms with Gasteiger partial charge in [-0.05, 0) is 48.5 Å². The average molecular weight is 418 g/mol. The molecule has 0 saturated heterocycles. The van der Waals surface area contributed by atoms with Gasteiger partial charge in [-0.25, -0.2) is 4.98 Å². The molecule has 0 unspecified atom stereocenters. The van der Waals surface area contributed by atoms with Crippen molar-refractivity contribution in [2.24, 2.45) is 0 Å². The number of aryl methyl sites for hydroxylation is 1. The minimum atomic E-state index is -0.101. The van der Waals surface area contributed by atoms with Crippen LogP contribution in [-0.2, 0) is 11.2 Å². The maximum atomic E-state index is 12.3. The number of carbonyl (C=O) groups excluding carboxylic acids is 1. The number of carbonyl (C=O) groups is 1. The van der Waals surface area contributed by atoms with Crippen molar-refractivity contribution in [1.82, 2.24) is 4.98 Å². The molecule has 0 saturated carbocycles. The van der Waals surface area contributed by atoms with Crippen LogP contribution in [0.15, 0.2) is 89.5 Å². The Bertz CT molecular complexity index is 1120. The number of nitrogens with zero attached hydrogens (tertiary/aromatic N) is 1. The van der Waals surface area contributed by atoms with Crippen LogP contribution in [0.1, 0.15) is 12.3 Å². The Morgan fingerprint density at radius 1 is 0.867 bits per heavy atom. The molecular formula is C24H20ClN3O2. The molecule has 1 aromatic heterocycles. The molecule has 0 spiro atoms. The molecule has 5 nitrogen and oxygen atoms in total. The van der Waals surface area contributed by atoms with Crippen molar-refractivity contribution in [3.63, 3.8) is 0 Å². The average Bonchev–Trinajstić information content (AvgIpc) is 3.24. The number of hydrogen-bond acceptors (Lipinski definition) is 4. The van der Waals surface area contributed by atoms with Gasteiger partial charge in [0.25, 0.3) is 0 Å². The van der Waals surface area contributed by atoms with Gasteiger partial charge in [-0.2, -0.15) is 0 Å². The number of para-hydroxylation sites is 1. The Morgan fingerprint density at radius 2 is 1.53 bits per heavy atom. The van der Waals surface area contributed by atoms with Crippen molar-refractivity contribution in [3.8, 4) is 11.3 Å². The molecule has 6 heteroatoms. The molecule has 0 aliphatic heterocycles. The standard InChI is InChI=1S/C24H20ClN3O2/c25-21-9-5-4-8-20(21)22-16-26-24(30-22)15-14-23(29)28-19-12-10-18(11-13-19)27-17-6-2-1-3-7-17/h1-13,16,27H,14-15H2,(H,28,29). The van der Waals surface area contributed by atoms with Gasteiger partial charge in [0.15, 0.2) is 11.7 Å². The molecule has 0 aliphatic rings. The van der Waals surface area contributed by atoms with E-state index in [1.54, 1.807) is 12.3 Å². The molecule has 0 fully saturated rings. The third-order valence-corrected chi connectivity index (χ3v) is 4.82. The highest BCUT2D eigenvalue weighted by molar-refractivity contribution is 6.33. The summed E-state index contributed by atoms with van der Waals surface area (Å²) in [6, 6.07) is 24.9. The predicted octanol–water partition coefficient (Wildman–Crippen LogP) is 6.31. The number of amides is 1. The highest BCUT2D eigenvalue weighted by Crippen LogP contribution is 2.28. The quantitative estimate of drug-likeness (QED) is 0.369. The van der Waals surface area contributed by atoms with Crippen molar-refractivity contribution in [3.05, 3.63) is 96.0 Å². The van der Waals surface area contributed by atoms with Crippen LogP contribution in [0.4, 0.5) is 17.1 Å². The van der Waals surface area contributed by atoms with Crippen LogP contribution in [0, 0.1) is 0 Å². The van der Waals surface area contributed by atoms with E-state index in [2.05, 4.69) is 15.6 Å². The Balaban J connectivity index is 1.29. The molecule has 0 radical (unpaired) electrons. The van der Waals surface area contributed by atoms with Crippen LogP contribution in [0.5, 0.6) is 0 Å².